The van der Waals surface area contributed by atoms with Crippen LogP contribution in [0.4, 0.5) is 0 Å². The summed E-state index contributed by atoms with van der Waals surface area (Å²) in [5, 5.41) is 5.50. The van der Waals surface area contributed by atoms with Crippen LogP contribution >= 0.6 is 36.2 Å². The number of nitrogens with two attached hydrogens (primary N) is 1. The standard InChI is InChI=1S/C12H22N4OS.2ClH/c1-4-16(5-2)7-9(3)14-12(17)10-8-18-11(6-13)15-10;;/h8-9H,4-7,13H2,1-3H3,(H,14,17);2*1H. The second kappa shape index (κ2) is 11.3. The van der Waals surface area contributed by atoms with E-state index in [9.17, 15) is 4.79 Å². The molecule has 118 valence electrons. The van der Waals surface area contributed by atoms with Gasteiger partial charge in [-0.3, -0.25) is 4.79 Å². The number of hydrogen-bond donors (Lipinski definition) is 2. The van der Waals surface area contributed by atoms with E-state index in [1.54, 1.807) is 5.38 Å². The van der Waals surface area contributed by atoms with Crippen LogP contribution in [-0.2, 0) is 6.54 Å². The second-order valence-electron chi connectivity index (χ2n) is 4.19. The highest BCUT2D eigenvalue weighted by Crippen LogP contribution is 2.08. The fraction of sp³-hybridized carbons (Fsp3) is 0.667. The van der Waals surface area contributed by atoms with E-state index in [1.807, 2.05) is 6.92 Å². The van der Waals surface area contributed by atoms with E-state index in [2.05, 4.69) is 29.0 Å². The number of carbonyl (C=O) groups is 1. The van der Waals surface area contributed by atoms with Crippen molar-refractivity contribution in [2.75, 3.05) is 19.6 Å². The van der Waals surface area contributed by atoms with E-state index < -0.39 is 0 Å². The summed E-state index contributed by atoms with van der Waals surface area (Å²) < 4.78 is 0. The number of halogens is 2. The summed E-state index contributed by atoms with van der Waals surface area (Å²) in [6.07, 6.45) is 0. The third kappa shape index (κ3) is 6.85. The van der Waals surface area contributed by atoms with Gasteiger partial charge in [0, 0.05) is 24.5 Å². The zero-order valence-corrected chi connectivity index (χ0v) is 14.5. The third-order valence-corrected chi connectivity index (χ3v) is 3.63. The maximum Gasteiger partial charge on any atom is 0.271 e. The normalized spacial score (nSPS) is 11.4. The monoisotopic (exact) mass is 342 g/mol. The Kier molecular flexibility index (Phi) is 12.3. The molecule has 1 heterocycles. The molecule has 5 nitrogen and oxygen atoms in total. The Morgan fingerprint density at radius 1 is 1.45 bits per heavy atom. The average molecular weight is 343 g/mol. The topological polar surface area (TPSA) is 71.2 Å². The molecule has 0 bridgehead atoms. The van der Waals surface area contributed by atoms with Crippen molar-refractivity contribution in [2.45, 2.75) is 33.4 Å². The zero-order valence-electron chi connectivity index (χ0n) is 12.1. The number of thiazole rings is 1. The highest BCUT2D eigenvalue weighted by atomic mass is 35.5. The van der Waals surface area contributed by atoms with Crippen molar-refractivity contribution in [2.24, 2.45) is 5.73 Å². The Labute approximate surface area is 137 Å². The molecule has 0 fully saturated rings. The molecule has 1 aromatic rings. The molecule has 1 unspecified atom stereocenters. The van der Waals surface area contributed by atoms with Gasteiger partial charge in [0.25, 0.3) is 5.91 Å². The summed E-state index contributed by atoms with van der Waals surface area (Å²) in [5.41, 5.74) is 5.94. The maximum atomic E-state index is 11.9. The quantitative estimate of drug-likeness (QED) is 0.793. The lowest BCUT2D eigenvalue weighted by atomic mass is 10.3. The molecule has 20 heavy (non-hydrogen) atoms. The first-order valence-electron chi connectivity index (χ1n) is 6.28. The number of likely N-dealkylation sites (N-methyl/N-ethyl adjacent to an activating group) is 1. The first kappa shape index (κ1) is 21.9. The van der Waals surface area contributed by atoms with Gasteiger partial charge in [0.05, 0.1) is 0 Å². The van der Waals surface area contributed by atoms with E-state index in [0.29, 0.717) is 12.2 Å². The molecule has 0 aliphatic rings. The van der Waals surface area contributed by atoms with Crippen LogP contribution in [0.15, 0.2) is 5.38 Å². The van der Waals surface area contributed by atoms with Gasteiger partial charge in [-0.05, 0) is 20.0 Å². The Morgan fingerprint density at radius 2 is 2.05 bits per heavy atom. The minimum atomic E-state index is -0.120. The van der Waals surface area contributed by atoms with Crippen LogP contribution in [-0.4, -0.2) is 41.5 Å². The molecule has 8 heteroatoms. The highest BCUT2D eigenvalue weighted by molar-refractivity contribution is 7.09. The number of aromatic nitrogens is 1. The van der Waals surface area contributed by atoms with Crippen molar-refractivity contribution in [1.29, 1.82) is 0 Å². The fourth-order valence-electron chi connectivity index (χ4n) is 1.72. The van der Waals surface area contributed by atoms with E-state index in [0.717, 1.165) is 24.6 Å². The average Bonchev–Trinajstić information content (AvgIpc) is 2.84. The molecular formula is C12H24Cl2N4OS. The summed E-state index contributed by atoms with van der Waals surface area (Å²) in [6, 6.07) is 0.112. The summed E-state index contributed by atoms with van der Waals surface area (Å²) >= 11 is 1.42. The number of carbonyl (C=O) groups excluding carboxylic acids is 1. The first-order chi connectivity index (χ1) is 8.60. The summed E-state index contributed by atoms with van der Waals surface area (Å²) in [4.78, 5) is 18.4. The molecule has 0 aromatic carbocycles. The van der Waals surface area contributed by atoms with Gasteiger partial charge in [0.1, 0.15) is 10.7 Å². The van der Waals surface area contributed by atoms with Crippen molar-refractivity contribution in [3.05, 3.63) is 16.1 Å². The van der Waals surface area contributed by atoms with Crippen LogP contribution in [0.2, 0.25) is 0 Å². The number of amides is 1. The lowest BCUT2D eigenvalue weighted by Crippen LogP contribution is -2.42. The number of hydrogen-bond acceptors (Lipinski definition) is 5. The SMILES string of the molecule is CCN(CC)CC(C)NC(=O)c1csc(CN)n1.Cl.Cl. The van der Waals surface area contributed by atoms with E-state index in [-0.39, 0.29) is 36.8 Å². The lowest BCUT2D eigenvalue weighted by Gasteiger charge is -2.23. The molecule has 1 aromatic heterocycles. The minimum Gasteiger partial charge on any atom is -0.347 e. The van der Waals surface area contributed by atoms with Gasteiger partial charge in [0.15, 0.2) is 0 Å². The number of nitrogens with zero attached hydrogens (tertiary/aromatic N) is 2. The van der Waals surface area contributed by atoms with Crippen LogP contribution in [0, 0.1) is 0 Å². The third-order valence-electron chi connectivity index (χ3n) is 2.76. The van der Waals surface area contributed by atoms with Crippen molar-refractivity contribution in [1.82, 2.24) is 15.2 Å². The molecular weight excluding hydrogens is 319 g/mol. The summed E-state index contributed by atoms with van der Waals surface area (Å²) in [5.74, 6) is -0.120. The molecule has 1 atom stereocenters. The van der Waals surface area contributed by atoms with E-state index >= 15 is 0 Å². The van der Waals surface area contributed by atoms with Crippen LogP contribution < -0.4 is 11.1 Å². The van der Waals surface area contributed by atoms with Gasteiger partial charge in [-0.1, -0.05) is 13.8 Å². The van der Waals surface area contributed by atoms with Crippen molar-refractivity contribution < 1.29 is 4.79 Å². The molecule has 0 saturated carbocycles. The number of rotatable bonds is 7. The number of nitrogens with one attached hydrogen (secondary N) is 1. The maximum absolute atomic E-state index is 11.9. The van der Waals surface area contributed by atoms with Crippen LogP contribution in [0.1, 0.15) is 36.3 Å². The summed E-state index contributed by atoms with van der Waals surface area (Å²) in [7, 11) is 0. The van der Waals surface area contributed by atoms with Gasteiger partial charge in [0.2, 0.25) is 0 Å². The molecule has 0 aliphatic heterocycles. The van der Waals surface area contributed by atoms with Gasteiger partial charge < -0.3 is 16.0 Å². The summed E-state index contributed by atoms with van der Waals surface area (Å²) in [6.45, 7) is 9.46. The van der Waals surface area contributed by atoms with E-state index in [1.165, 1.54) is 11.3 Å². The Bertz CT molecular complexity index is 385. The molecule has 1 amide bonds. The molecule has 0 saturated heterocycles. The van der Waals surface area contributed by atoms with Crippen LogP contribution in [0.25, 0.3) is 0 Å². The predicted molar refractivity (Wildman–Crippen MR) is 89.2 cm³/mol. The van der Waals surface area contributed by atoms with E-state index in [4.69, 9.17) is 5.73 Å². The Morgan fingerprint density at radius 3 is 2.50 bits per heavy atom. The van der Waals surface area contributed by atoms with Crippen molar-refractivity contribution in [3.63, 3.8) is 0 Å². The Balaban J connectivity index is 0. The smallest absolute Gasteiger partial charge is 0.271 e. The van der Waals surface area contributed by atoms with Crippen molar-refractivity contribution >= 4 is 42.1 Å². The van der Waals surface area contributed by atoms with Gasteiger partial charge in [-0.25, -0.2) is 4.98 Å². The fourth-order valence-corrected chi connectivity index (χ4v) is 2.38. The highest BCUT2D eigenvalue weighted by Gasteiger charge is 2.14. The first-order valence-corrected chi connectivity index (χ1v) is 7.16. The van der Waals surface area contributed by atoms with Crippen LogP contribution in [0.3, 0.4) is 0 Å². The van der Waals surface area contributed by atoms with Crippen LogP contribution in [0.5, 0.6) is 0 Å². The molecule has 0 spiro atoms. The zero-order chi connectivity index (χ0) is 13.5. The Hall–Kier alpha value is -0.400. The molecule has 0 radical (unpaired) electrons. The lowest BCUT2D eigenvalue weighted by molar-refractivity contribution is 0.0926. The predicted octanol–water partition coefficient (Wildman–Crippen LogP) is 1.91. The molecule has 1 rings (SSSR count). The molecule has 0 aliphatic carbocycles. The van der Waals surface area contributed by atoms with Crippen molar-refractivity contribution in [3.8, 4) is 0 Å². The second-order valence-corrected chi connectivity index (χ2v) is 5.13. The van der Waals surface area contributed by atoms with Gasteiger partial charge in [-0.15, -0.1) is 36.2 Å². The molecule has 3 N–H and O–H groups in total. The minimum absolute atomic E-state index is 0. The van der Waals surface area contributed by atoms with Gasteiger partial charge in [-0.2, -0.15) is 0 Å². The van der Waals surface area contributed by atoms with Gasteiger partial charge >= 0.3 is 0 Å². The largest absolute Gasteiger partial charge is 0.347 e.